The van der Waals surface area contributed by atoms with Crippen LogP contribution in [0.25, 0.3) is 0 Å². The molecule has 0 amide bonds. The van der Waals surface area contributed by atoms with Crippen molar-refractivity contribution in [3.05, 3.63) is 21.2 Å². The molecule has 0 radical (unpaired) electrons. The molecule has 0 saturated carbocycles. The minimum absolute atomic E-state index is 0.321. The summed E-state index contributed by atoms with van der Waals surface area (Å²) in [5.74, 6) is 0. The smallest absolute Gasteiger partial charge is 0.139 e. The van der Waals surface area contributed by atoms with Gasteiger partial charge in [0, 0.05) is 0 Å². The van der Waals surface area contributed by atoms with Crippen molar-refractivity contribution in [1.82, 2.24) is 0 Å². The van der Waals surface area contributed by atoms with Gasteiger partial charge < -0.3 is 0 Å². The van der Waals surface area contributed by atoms with Crippen molar-refractivity contribution in [2.24, 2.45) is 0 Å². The van der Waals surface area contributed by atoms with Crippen molar-refractivity contribution in [3.8, 4) is 0 Å². The van der Waals surface area contributed by atoms with E-state index in [-0.39, 0.29) is 0 Å². The lowest BCUT2D eigenvalue weighted by Gasteiger charge is -2.30. The third-order valence-electron chi connectivity index (χ3n) is 1.42. The van der Waals surface area contributed by atoms with Crippen LogP contribution < -0.4 is 0 Å². The monoisotopic (exact) mass is 280 g/mol. The molecule has 0 aromatic heterocycles. The molecular formula is C6H4Cl4S2. The standard InChI is InChI=1S/C6H4Cl4S2/c7-2-1-3(8)6(10,12)5(11)4(2)9/h1,5,11-12H. The fourth-order valence-electron chi connectivity index (χ4n) is 0.711. The molecular weight excluding hydrogens is 278 g/mol. The van der Waals surface area contributed by atoms with E-state index in [2.05, 4.69) is 25.3 Å². The van der Waals surface area contributed by atoms with Crippen LogP contribution in [-0.4, -0.2) is 9.46 Å². The molecule has 2 unspecified atom stereocenters. The largest absolute Gasteiger partial charge is 0.167 e. The van der Waals surface area contributed by atoms with Crippen LogP contribution in [0.2, 0.25) is 0 Å². The normalized spacial score (nSPS) is 36.8. The molecule has 0 aromatic carbocycles. The van der Waals surface area contributed by atoms with E-state index in [0.717, 1.165) is 0 Å². The number of halogens is 4. The fraction of sp³-hybridized carbons (Fsp3) is 0.333. The molecule has 6 heteroatoms. The van der Waals surface area contributed by atoms with E-state index < -0.39 is 9.46 Å². The molecule has 0 spiro atoms. The molecule has 0 saturated heterocycles. The first-order valence-corrected chi connectivity index (χ1v) is 5.37. The summed E-state index contributed by atoms with van der Waals surface area (Å²) in [5, 5.41) is 0.539. The molecule has 0 bridgehead atoms. The van der Waals surface area contributed by atoms with Crippen molar-refractivity contribution in [2.45, 2.75) is 9.46 Å². The Bertz CT molecular complexity index is 269. The molecule has 68 valence electrons. The van der Waals surface area contributed by atoms with Crippen molar-refractivity contribution >= 4 is 71.7 Å². The van der Waals surface area contributed by atoms with E-state index in [1.807, 2.05) is 0 Å². The molecule has 0 aliphatic heterocycles. The predicted molar refractivity (Wildman–Crippen MR) is 63.0 cm³/mol. The van der Waals surface area contributed by atoms with Crippen LogP contribution in [0.3, 0.4) is 0 Å². The predicted octanol–water partition coefficient (Wildman–Crippen LogP) is 3.98. The first kappa shape index (κ1) is 11.4. The van der Waals surface area contributed by atoms with Crippen LogP contribution in [0, 0.1) is 0 Å². The highest BCUT2D eigenvalue weighted by atomic mass is 35.5. The number of alkyl halides is 1. The van der Waals surface area contributed by atoms with Gasteiger partial charge in [0.1, 0.15) is 4.21 Å². The van der Waals surface area contributed by atoms with Crippen LogP contribution in [-0.2, 0) is 0 Å². The molecule has 0 N–H and O–H groups in total. The summed E-state index contributed by atoms with van der Waals surface area (Å²) < 4.78 is -1.07. The van der Waals surface area contributed by atoms with E-state index in [0.29, 0.717) is 15.1 Å². The molecule has 1 aliphatic rings. The lowest BCUT2D eigenvalue weighted by molar-refractivity contribution is 0.971. The van der Waals surface area contributed by atoms with Gasteiger partial charge in [-0.25, -0.2) is 0 Å². The van der Waals surface area contributed by atoms with E-state index in [1.165, 1.54) is 6.08 Å². The second-order valence-corrected chi connectivity index (χ2v) is 5.57. The molecule has 0 fully saturated rings. The lowest BCUT2D eigenvalue weighted by atomic mass is 10.1. The Balaban J connectivity index is 3.16. The second kappa shape index (κ2) is 3.84. The minimum Gasteiger partial charge on any atom is -0.167 e. The van der Waals surface area contributed by atoms with Crippen molar-refractivity contribution in [2.75, 3.05) is 0 Å². The van der Waals surface area contributed by atoms with Crippen molar-refractivity contribution in [1.29, 1.82) is 0 Å². The second-order valence-electron chi connectivity index (χ2n) is 2.26. The van der Waals surface area contributed by atoms with Crippen LogP contribution in [0.1, 0.15) is 0 Å². The Kier molecular flexibility index (Phi) is 3.65. The zero-order valence-electron chi connectivity index (χ0n) is 5.56. The Labute approximate surface area is 102 Å². The molecule has 0 aromatic rings. The third kappa shape index (κ3) is 1.89. The Hall–Kier alpha value is 1.34. The average Bonchev–Trinajstić information content (AvgIpc) is 1.99. The summed E-state index contributed by atoms with van der Waals surface area (Å²) in [4.78, 5) is 0. The highest BCUT2D eigenvalue weighted by Gasteiger charge is 2.40. The van der Waals surface area contributed by atoms with Gasteiger partial charge in [-0.1, -0.05) is 46.4 Å². The molecule has 1 aliphatic carbocycles. The molecule has 0 nitrogen and oxygen atoms in total. The first-order valence-electron chi connectivity index (χ1n) is 2.89. The first-order chi connectivity index (χ1) is 5.37. The SMILES string of the molecule is SC1C(Cl)=C(Cl)C=C(Cl)C1(S)Cl. The summed E-state index contributed by atoms with van der Waals surface area (Å²) >= 11 is 31.5. The maximum atomic E-state index is 5.94. The number of thiol groups is 2. The Morgan fingerprint density at radius 1 is 1.33 bits per heavy atom. The molecule has 1 rings (SSSR count). The zero-order chi connectivity index (χ0) is 9.52. The quantitative estimate of drug-likeness (QED) is 0.487. The lowest BCUT2D eigenvalue weighted by Crippen LogP contribution is -2.30. The zero-order valence-corrected chi connectivity index (χ0v) is 10.4. The van der Waals surface area contributed by atoms with E-state index in [4.69, 9.17) is 46.4 Å². The van der Waals surface area contributed by atoms with Crippen molar-refractivity contribution in [3.63, 3.8) is 0 Å². The summed E-state index contributed by atoms with van der Waals surface area (Å²) in [5.41, 5.74) is 0. The summed E-state index contributed by atoms with van der Waals surface area (Å²) in [6.07, 6.45) is 1.47. The van der Waals surface area contributed by atoms with Gasteiger partial charge in [-0.05, 0) is 6.08 Å². The summed E-state index contributed by atoms with van der Waals surface area (Å²) in [6, 6.07) is 0. The maximum Gasteiger partial charge on any atom is 0.139 e. The van der Waals surface area contributed by atoms with Crippen molar-refractivity contribution < 1.29 is 0 Å². The van der Waals surface area contributed by atoms with Gasteiger partial charge in [0.05, 0.1) is 20.3 Å². The number of rotatable bonds is 0. The van der Waals surface area contributed by atoms with Gasteiger partial charge in [0.2, 0.25) is 0 Å². The third-order valence-corrected chi connectivity index (χ3v) is 4.96. The Morgan fingerprint density at radius 2 is 1.83 bits per heavy atom. The highest BCUT2D eigenvalue weighted by molar-refractivity contribution is 7.87. The number of allylic oxidation sites excluding steroid dienone is 2. The minimum atomic E-state index is -1.07. The van der Waals surface area contributed by atoms with Crippen LogP contribution >= 0.6 is 71.7 Å². The topological polar surface area (TPSA) is 0 Å². The van der Waals surface area contributed by atoms with Gasteiger partial charge in [-0.3, -0.25) is 0 Å². The van der Waals surface area contributed by atoms with Crippen LogP contribution in [0.4, 0.5) is 0 Å². The summed E-state index contributed by atoms with van der Waals surface area (Å²) in [7, 11) is 0. The van der Waals surface area contributed by atoms with E-state index in [1.54, 1.807) is 0 Å². The molecule has 2 atom stereocenters. The van der Waals surface area contributed by atoms with Gasteiger partial charge in [0.25, 0.3) is 0 Å². The van der Waals surface area contributed by atoms with E-state index in [9.17, 15) is 0 Å². The number of hydrogen-bond donors (Lipinski definition) is 2. The summed E-state index contributed by atoms with van der Waals surface area (Å²) in [6.45, 7) is 0. The van der Waals surface area contributed by atoms with E-state index >= 15 is 0 Å². The molecule has 12 heavy (non-hydrogen) atoms. The fourth-order valence-corrected chi connectivity index (χ4v) is 2.34. The van der Waals surface area contributed by atoms with Gasteiger partial charge in [-0.15, -0.1) is 12.6 Å². The van der Waals surface area contributed by atoms with Gasteiger partial charge in [-0.2, -0.15) is 12.6 Å². The highest BCUT2D eigenvalue weighted by Crippen LogP contribution is 2.47. The Morgan fingerprint density at radius 3 is 2.33 bits per heavy atom. The van der Waals surface area contributed by atoms with Crippen LogP contribution in [0.15, 0.2) is 21.2 Å². The molecule has 0 heterocycles. The maximum absolute atomic E-state index is 5.94. The van der Waals surface area contributed by atoms with Gasteiger partial charge >= 0.3 is 0 Å². The number of hydrogen-bond acceptors (Lipinski definition) is 2. The van der Waals surface area contributed by atoms with Gasteiger partial charge in [0.15, 0.2) is 0 Å². The van der Waals surface area contributed by atoms with Crippen LogP contribution in [0.5, 0.6) is 0 Å². The average molecular weight is 282 g/mol.